The lowest BCUT2D eigenvalue weighted by atomic mass is 10.1. The number of aliphatic carboxylic acids is 1. The molecule has 0 radical (unpaired) electrons. The van der Waals surface area contributed by atoms with Gasteiger partial charge in [0, 0.05) is 12.1 Å². The molecule has 0 spiro atoms. The molecule has 1 N–H and O–H groups in total. The van der Waals surface area contributed by atoms with E-state index in [9.17, 15) is 23.3 Å². The molecule has 20 heavy (non-hydrogen) atoms. The Balaban J connectivity index is 3.01. The van der Waals surface area contributed by atoms with Crippen molar-refractivity contribution in [2.75, 3.05) is 0 Å². The zero-order chi connectivity index (χ0) is 15.5. The van der Waals surface area contributed by atoms with Crippen molar-refractivity contribution in [1.82, 2.24) is 0 Å². The summed E-state index contributed by atoms with van der Waals surface area (Å²) in [7, 11) is -3.88. The third-order valence-corrected chi connectivity index (χ3v) is 5.01. The molecular formula is C12H15NO6S. The Kier molecular flexibility index (Phi) is 4.83. The van der Waals surface area contributed by atoms with Crippen LogP contribution in [0.15, 0.2) is 24.3 Å². The molecule has 0 saturated carbocycles. The number of hydrogen-bond donors (Lipinski definition) is 1. The fraction of sp³-hybridized carbons (Fsp3) is 0.417. The average Bonchev–Trinajstić information content (AvgIpc) is 2.26. The monoisotopic (exact) mass is 301 g/mol. The number of carboxylic acid groups (broad SMARTS) is 1. The smallest absolute Gasteiger partial charge is 0.322 e. The minimum Gasteiger partial charge on any atom is -0.480 e. The van der Waals surface area contributed by atoms with Crippen molar-refractivity contribution in [1.29, 1.82) is 0 Å². The Labute approximate surface area is 116 Å². The van der Waals surface area contributed by atoms with Gasteiger partial charge in [-0.15, -0.1) is 0 Å². The van der Waals surface area contributed by atoms with Crippen LogP contribution in [-0.4, -0.2) is 29.7 Å². The van der Waals surface area contributed by atoms with Crippen LogP contribution in [0.25, 0.3) is 0 Å². The summed E-state index contributed by atoms with van der Waals surface area (Å²) in [5, 5.41) is 18.0. The molecule has 0 fully saturated rings. The van der Waals surface area contributed by atoms with Crippen molar-refractivity contribution in [2.24, 2.45) is 5.92 Å². The fourth-order valence-corrected chi connectivity index (χ4v) is 3.86. The highest BCUT2D eigenvalue weighted by Gasteiger charge is 2.35. The first kappa shape index (κ1) is 16.1. The van der Waals surface area contributed by atoms with Gasteiger partial charge in [0.1, 0.15) is 0 Å². The molecule has 0 aromatic heterocycles. The van der Waals surface area contributed by atoms with Crippen molar-refractivity contribution < 1.29 is 23.2 Å². The number of nitrogens with zero attached hydrogens (tertiary/aromatic N) is 1. The van der Waals surface area contributed by atoms with E-state index in [1.54, 1.807) is 0 Å². The molecule has 0 heterocycles. The molecule has 1 aromatic rings. The van der Waals surface area contributed by atoms with Crippen LogP contribution in [0.4, 0.5) is 5.69 Å². The number of benzene rings is 1. The van der Waals surface area contributed by atoms with E-state index in [1.165, 1.54) is 38.1 Å². The van der Waals surface area contributed by atoms with Crippen LogP contribution in [0.3, 0.4) is 0 Å². The molecule has 1 unspecified atom stereocenters. The molecule has 0 amide bonds. The summed E-state index contributed by atoms with van der Waals surface area (Å²) in [6, 6.07) is 5.01. The highest BCUT2D eigenvalue weighted by Crippen LogP contribution is 2.20. The molecule has 0 saturated heterocycles. The molecule has 1 rings (SSSR count). The van der Waals surface area contributed by atoms with Gasteiger partial charge in [-0.3, -0.25) is 14.9 Å². The number of non-ortho nitro benzene ring substituents is 1. The van der Waals surface area contributed by atoms with Crippen LogP contribution in [0, 0.1) is 16.0 Å². The lowest BCUT2D eigenvalue weighted by Gasteiger charge is -2.16. The van der Waals surface area contributed by atoms with Crippen LogP contribution < -0.4 is 0 Å². The normalized spacial score (nSPS) is 13.2. The molecule has 1 atom stereocenters. The van der Waals surface area contributed by atoms with Crippen LogP contribution in [-0.2, 0) is 20.4 Å². The summed E-state index contributed by atoms with van der Waals surface area (Å²) < 4.78 is 24.2. The van der Waals surface area contributed by atoms with Gasteiger partial charge >= 0.3 is 5.97 Å². The lowest BCUT2D eigenvalue weighted by molar-refractivity contribution is -0.384. The Morgan fingerprint density at radius 3 is 2.15 bits per heavy atom. The first-order valence-corrected chi connectivity index (χ1v) is 7.54. The first-order chi connectivity index (χ1) is 9.15. The summed E-state index contributed by atoms with van der Waals surface area (Å²) in [6.45, 7) is 3.04. The van der Waals surface area contributed by atoms with E-state index in [0.717, 1.165) is 0 Å². The van der Waals surface area contributed by atoms with Crippen LogP contribution in [0.2, 0.25) is 0 Å². The molecule has 8 heteroatoms. The van der Waals surface area contributed by atoms with Gasteiger partial charge in [-0.1, -0.05) is 26.0 Å². The number of sulfone groups is 1. The fourth-order valence-electron chi connectivity index (χ4n) is 1.89. The highest BCUT2D eigenvalue weighted by atomic mass is 32.2. The van der Waals surface area contributed by atoms with Crippen molar-refractivity contribution in [3.8, 4) is 0 Å². The second kappa shape index (κ2) is 6.00. The van der Waals surface area contributed by atoms with Crippen molar-refractivity contribution >= 4 is 21.5 Å². The van der Waals surface area contributed by atoms with Gasteiger partial charge in [0.25, 0.3) is 5.69 Å². The molecule has 0 aliphatic carbocycles. The van der Waals surface area contributed by atoms with Crippen LogP contribution in [0.5, 0.6) is 0 Å². The van der Waals surface area contributed by atoms with Crippen molar-refractivity contribution in [2.45, 2.75) is 24.9 Å². The molecule has 0 aliphatic heterocycles. The Hall–Kier alpha value is -1.96. The SMILES string of the molecule is CC(C)C(C(=O)O)S(=O)(=O)Cc1ccc([N+](=O)[O-])cc1. The minimum absolute atomic E-state index is 0.148. The van der Waals surface area contributed by atoms with E-state index in [-0.39, 0.29) is 5.69 Å². The van der Waals surface area contributed by atoms with E-state index in [4.69, 9.17) is 5.11 Å². The zero-order valence-corrected chi connectivity index (χ0v) is 11.8. The number of nitro groups is 1. The molecular weight excluding hydrogens is 286 g/mol. The largest absolute Gasteiger partial charge is 0.480 e. The van der Waals surface area contributed by atoms with E-state index >= 15 is 0 Å². The third kappa shape index (κ3) is 3.77. The van der Waals surface area contributed by atoms with E-state index in [1.807, 2.05) is 0 Å². The number of rotatable bonds is 6. The maximum absolute atomic E-state index is 12.1. The maximum Gasteiger partial charge on any atom is 0.322 e. The second-order valence-corrected chi connectivity index (χ2v) is 6.86. The number of carbonyl (C=O) groups is 1. The summed E-state index contributed by atoms with van der Waals surface area (Å²) in [4.78, 5) is 21.0. The summed E-state index contributed by atoms with van der Waals surface area (Å²) in [5.74, 6) is -2.40. The Morgan fingerprint density at radius 1 is 1.30 bits per heavy atom. The predicted molar refractivity (Wildman–Crippen MR) is 72.0 cm³/mol. The van der Waals surface area contributed by atoms with Crippen LogP contribution in [0.1, 0.15) is 19.4 Å². The van der Waals surface area contributed by atoms with Gasteiger partial charge in [-0.25, -0.2) is 8.42 Å². The van der Waals surface area contributed by atoms with Crippen LogP contribution >= 0.6 is 0 Å². The van der Waals surface area contributed by atoms with Gasteiger partial charge < -0.3 is 5.11 Å². The highest BCUT2D eigenvalue weighted by molar-refractivity contribution is 7.92. The number of hydrogen-bond acceptors (Lipinski definition) is 5. The lowest BCUT2D eigenvalue weighted by Crippen LogP contribution is -2.35. The van der Waals surface area contributed by atoms with Gasteiger partial charge in [-0.2, -0.15) is 0 Å². The summed E-state index contributed by atoms with van der Waals surface area (Å²) in [6.07, 6.45) is 0. The number of nitro benzene ring substituents is 1. The standard InChI is InChI=1S/C12H15NO6S/c1-8(2)11(12(14)15)20(18,19)7-9-3-5-10(6-4-9)13(16)17/h3-6,8,11H,7H2,1-2H3,(H,14,15). The molecule has 7 nitrogen and oxygen atoms in total. The topological polar surface area (TPSA) is 115 Å². The van der Waals surface area contributed by atoms with Gasteiger partial charge in [0.15, 0.2) is 15.1 Å². The summed E-state index contributed by atoms with van der Waals surface area (Å²) in [5.41, 5.74) is 0.173. The minimum atomic E-state index is -3.88. The van der Waals surface area contributed by atoms with E-state index in [2.05, 4.69) is 0 Å². The average molecular weight is 301 g/mol. The van der Waals surface area contributed by atoms with Crippen molar-refractivity contribution in [3.05, 3.63) is 39.9 Å². The number of carboxylic acids is 1. The predicted octanol–water partition coefficient (Wildman–Crippen LogP) is 1.62. The molecule has 0 bridgehead atoms. The third-order valence-electron chi connectivity index (χ3n) is 2.75. The quantitative estimate of drug-likeness (QED) is 0.630. The molecule has 1 aromatic carbocycles. The maximum atomic E-state index is 12.1. The van der Waals surface area contributed by atoms with Gasteiger partial charge in [0.2, 0.25) is 0 Å². The van der Waals surface area contributed by atoms with Gasteiger partial charge in [-0.05, 0) is 11.5 Å². The first-order valence-electron chi connectivity index (χ1n) is 5.83. The second-order valence-electron chi connectivity index (χ2n) is 4.73. The summed E-state index contributed by atoms with van der Waals surface area (Å²) >= 11 is 0. The zero-order valence-electron chi connectivity index (χ0n) is 11.0. The Morgan fingerprint density at radius 2 is 1.80 bits per heavy atom. The van der Waals surface area contributed by atoms with Crippen molar-refractivity contribution in [3.63, 3.8) is 0 Å². The van der Waals surface area contributed by atoms with E-state index in [0.29, 0.717) is 5.56 Å². The van der Waals surface area contributed by atoms with E-state index < -0.39 is 37.7 Å². The van der Waals surface area contributed by atoms with Gasteiger partial charge in [0.05, 0.1) is 10.7 Å². The Bertz CT molecular complexity index is 605. The molecule has 110 valence electrons. The molecule has 0 aliphatic rings.